The van der Waals surface area contributed by atoms with E-state index >= 15 is 0 Å². The molecule has 0 aliphatic carbocycles. The number of anilines is 1. The molecule has 16 heavy (non-hydrogen) atoms. The average molecular weight is 232 g/mol. The van der Waals surface area contributed by atoms with Crippen molar-refractivity contribution in [3.8, 4) is 0 Å². The topological polar surface area (TPSA) is 42.0 Å². The lowest BCUT2D eigenvalue weighted by Crippen LogP contribution is -2.11. The molecule has 4 heteroatoms. The van der Waals surface area contributed by atoms with E-state index in [0.717, 1.165) is 0 Å². The van der Waals surface area contributed by atoms with Crippen molar-refractivity contribution in [2.75, 3.05) is 5.32 Å². The number of amides is 1. The zero-order valence-electron chi connectivity index (χ0n) is 8.27. The van der Waals surface area contributed by atoms with Gasteiger partial charge in [0.25, 0.3) is 5.91 Å². The van der Waals surface area contributed by atoms with Gasteiger partial charge in [-0.1, -0.05) is 17.7 Å². The largest absolute Gasteiger partial charge is 0.321 e. The van der Waals surface area contributed by atoms with Crippen LogP contribution in [-0.2, 0) is 0 Å². The van der Waals surface area contributed by atoms with Crippen molar-refractivity contribution in [2.24, 2.45) is 0 Å². The molecule has 0 saturated carbocycles. The van der Waals surface area contributed by atoms with Crippen LogP contribution in [0.4, 0.5) is 5.69 Å². The molecule has 79 valence electrons. The summed E-state index contributed by atoms with van der Waals surface area (Å²) in [6.07, 6.45) is 4.16. The summed E-state index contributed by atoms with van der Waals surface area (Å²) in [7, 11) is 0. The molecule has 1 aromatic carbocycles. The Morgan fingerprint density at radius 2 is 2.25 bits per heavy atom. The van der Waals surface area contributed by atoms with Gasteiger partial charge in [0, 0.05) is 10.6 Å². The van der Waals surface area contributed by atoms with Crippen LogP contribution in [0.25, 0.3) is 0 Å². The molecule has 0 fully saturated rings. The number of aromatic nitrogens is 1. The number of rotatable bonds is 2. The van der Waals surface area contributed by atoms with Crippen molar-refractivity contribution in [2.45, 2.75) is 0 Å². The van der Waals surface area contributed by atoms with Gasteiger partial charge in [0.1, 0.15) is 0 Å². The Bertz CT molecular complexity index is 499. The predicted molar refractivity (Wildman–Crippen MR) is 62.5 cm³/mol. The summed E-state index contributed by atoms with van der Waals surface area (Å²) in [5.41, 5.74) is 1.14. The van der Waals surface area contributed by atoms with Gasteiger partial charge in [0.15, 0.2) is 0 Å². The first-order chi connectivity index (χ1) is 7.75. The molecule has 0 spiro atoms. The number of nitrogens with one attached hydrogen (secondary N) is 1. The third-order valence-electron chi connectivity index (χ3n) is 1.96. The minimum atomic E-state index is -0.212. The van der Waals surface area contributed by atoms with Gasteiger partial charge in [-0.25, -0.2) is 0 Å². The van der Waals surface area contributed by atoms with Crippen LogP contribution in [0.15, 0.2) is 42.6 Å². The second-order valence-electron chi connectivity index (χ2n) is 3.14. The van der Waals surface area contributed by atoms with Gasteiger partial charge < -0.3 is 5.32 Å². The van der Waals surface area contributed by atoms with Crippen LogP contribution in [0.3, 0.4) is 0 Å². The Morgan fingerprint density at radius 1 is 1.38 bits per heavy atom. The Kier molecular flexibility index (Phi) is 3.17. The summed E-state index contributed by atoms with van der Waals surface area (Å²) < 4.78 is 0. The fourth-order valence-electron chi connectivity index (χ4n) is 1.23. The summed E-state index contributed by atoms with van der Waals surface area (Å²) in [6.45, 7) is 0. The number of pyridine rings is 1. The van der Waals surface area contributed by atoms with Crippen LogP contribution in [0, 0.1) is 6.20 Å². The van der Waals surface area contributed by atoms with Crippen LogP contribution in [-0.4, -0.2) is 10.9 Å². The van der Waals surface area contributed by atoms with E-state index in [2.05, 4.69) is 16.5 Å². The zero-order valence-corrected chi connectivity index (χ0v) is 9.03. The summed E-state index contributed by atoms with van der Waals surface area (Å²) in [5.74, 6) is -0.212. The standard InChI is InChI=1S/C12H8ClN2O/c13-10-4-1-3-9(7-10)12(16)15-11-5-2-6-14-8-11/h1-5,7-8H,(H,15,16). The van der Waals surface area contributed by atoms with Crippen LogP contribution in [0.1, 0.15) is 10.4 Å². The summed E-state index contributed by atoms with van der Waals surface area (Å²) in [5, 5.41) is 3.24. The predicted octanol–water partition coefficient (Wildman–Crippen LogP) is 2.79. The minimum absolute atomic E-state index is 0.212. The molecule has 1 aromatic heterocycles. The first kappa shape index (κ1) is 10.6. The normalized spacial score (nSPS) is 9.81. The van der Waals surface area contributed by atoms with E-state index in [9.17, 15) is 4.79 Å². The molecule has 1 heterocycles. The van der Waals surface area contributed by atoms with Crippen LogP contribution in [0.2, 0.25) is 5.02 Å². The van der Waals surface area contributed by atoms with Gasteiger partial charge in [-0.2, -0.15) is 0 Å². The van der Waals surface area contributed by atoms with E-state index in [1.807, 2.05) is 0 Å². The highest BCUT2D eigenvalue weighted by Crippen LogP contribution is 2.12. The third-order valence-corrected chi connectivity index (χ3v) is 2.20. The number of hydrogen-bond donors (Lipinski definition) is 1. The number of hydrogen-bond acceptors (Lipinski definition) is 2. The van der Waals surface area contributed by atoms with E-state index in [1.54, 1.807) is 36.4 Å². The molecule has 0 saturated heterocycles. The molecule has 0 unspecified atom stereocenters. The Hall–Kier alpha value is -1.87. The maximum absolute atomic E-state index is 11.8. The van der Waals surface area contributed by atoms with Crippen molar-refractivity contribution < 1.29 is 4.79 Å². The molecule has 2 aromatic rings. The first-order valence-corrected chi connectivity index (χ1v) is 5.02. The quantitative estimate of drug-likeness (QED) is 0.864. The van der Waals surface area contributed by atoms with Crippen molar-refractivity contribution in [1.29, 1.82) is 0 Å². The number of carbonyl (C=O) groups excluding carboxylic acids is 1. The third kappa shape index (κ3) is 2.58. The molecule has 1 radical (unpaired) electrons. The van der Waals surface area contributed by atoms with Gasteiger partial charge >= 0.3 is 0 Å². The maximum atomic E-state index is 11.8. The zero-order chi connectivity index (χ0) is 11.4. The first-order valence-electron chi connectivity index (χ1n) is 4.65. The molecule has 0 aliphatic heterocycles. The summed E-state index contributed by atoms with van der Waals surface area (Å²) in [6, 6.07) is 10.1. The van der Waals surface area contributed by atoms with E-state index < -0.39 is 0 Å². The lowest BCUT2D eigenvalue weighted by atomic mass is 10.2. The molecule has 1 N–H and O–H groups in total. The molecule has 0 atom stereocenters. The number of nitrogens with zero attached hydrogens (tertiary/aromatic N) is 1. The van der Waals surface area contributed by atoms with Crippen molar-refractivity contribution in [3.05, 3.63) is 59.4 Å². The van der Waals surface area contributed by atoms with Gasteiger partial charge in [-0.3, -0.25) is 9.78 Å². The number of benzene rings is 1. The summed E-state index contributed by atoms with van der Waals surface area (Å²) in [4.78, 5) is 15.5. The van der Waals surface area contributed by atoms with Gasteiger partial charge in [-0.15, -0.1) is 0 Å². The smallest absolute Gasteiger partial charge is 0.255 e. The molecular weight excluding hydrogens is 224 g/mol. The van der Waals surface area contributed by atoms with Crippen LogP contribution >= 0.6 is 11.6 Å². The highest BCUT2D eigenvalue weighted by Gasteiger charge is 2.05. The number of carbonyl (C=O) groups is 1. The molecular formula is C12H8ClN2O. The maximum Gasteiger partial charge on any atom is 0.255 e. The lowest BCUT2D eigenvalue weighted by Gasteiger charge is -2.04. The van der Waals surface area contributed by atoms with Gasteiger partial charge in [0.2, 0.25) is 0 Å². The van der Waals surface area contributed by atoms with E-state index in [4.69, 9.17) is 11.6 Å². The highest BCUT2D eigenvalue weighted by molar-refractivity contribution is 6.31. The average Bonchev–Trinajstić information content (AvgIpc) is 2.30. The fourth-order valence-corrected chi connectivity index (χ4v) is 1.42. The molecule has 1 amide bonds. The fraction of sp³-hybridized carbons (Fsp3) is 0. The minimum Gasteiger partial charge on any atom is -0.321 e. The van der Waals surface area contributed by atoms with E-state index in [-0.39, 0.29) is 5.91 Å². The van der Waals surface area contributed by atoms with Crippen molar-refractivity contribution in [1.82, 2.24) is 4.98 Å². The highest BCUT2D eigenvalue weighted by atomic mass is 35.5. The SMILES string of the molecule is O=C(Nc1cc[c]nc1)c1cccc(Cl)c1. The Balaban J connectivity index is 2.15. The summed E-state index contributed by atoms with van der Waals surface area (Å²) >= 11 is 5.79. The Labute approximate surface area is 98.1 Å². The van der Waals surface area contributed by atoms with Crippen LogP contribution < -0.4 is 5.32 Å². The van der Waals surface area contributed by atoms with Crippen molar-refractivity contribution in [3.63, 3.8) is 0 Å². The van der Waals surface area contributed by atoms with Crippen molar-refractivity contribution >= 4 is 23.2 Å². The molecule has 0 bridgehead atoms. The molecule has 2 rings (SSSR count). The van der Waals surface area contributed by atoms with E-state index in [0.29, 0.717) is 16.3 Å². The van der Waals surface area contributed by atoms with Crippen LogP contribution in [0.5, 0.6) is 0 Å². The second-order valence-corrected chi connectivity index (χ2v) is 3.58. The monoisotopic (exact) mass is 231 g/mol. The molecule has 0 aliphatic rings. The van der Waals surface area contributed by atoms with Gasteiger partial charge in [0.05, 0.1) is 18.1 Å². The van der Waals surface area contributed by atoms with Gasteiger partial charge in [-0.05, 0) is 30.3 Å². The second kappa shape index (κ2) is 4.77. The van der Waals surface area contributed by atoms with E-state index in [1.165, 1.54) is 6.20 Å². The lowest BCUT2D eigenvalue weighted by molar-refractivity contribution is 0.102. The molecule has 3 nitrogen and oxygen atoms in total. The number of halogens is 1. The Morgan fingerprint density at radius 3 is 2.94 bits per heavy atom.